The van der Waals surface area contributed by atoms with Gasteiger partial charge in [0.2, 0.25) is 11.8 Å². The molecule has 1 aliphatic heterocycles. The van der Waals surface area contributed by atoms with Gasteiger partial charge in [0.1, 0.15) is 5.92 Å². The van der Waals surface area contributed by atoms with Crippen LogP contribution in [0.5, 0.6) is 0 Å². The number of nitrogens with one attached hydrogen (secondary N) is 2. The maximum atomic E-state index is 12.3. The molecule has 2 atom stereocenters. The van der Waals surface area contributed by atoms with Gasteiger partial charge < -0.3 is 15.2 Å². The van der Waals surface area contributed by atoms with E-state index in [1.165, 1.54) is 0 Å². The Morgan fingerprint density at radius 3 is 2.65 bits per heavy atom. The lowest BCUT2D eigenvalue weighted by molar-refractivity contribution is -0.135. The number of hydrogen-bond acceptors (Lipinski definition) is 2. The average molecular weight is 277 g/mol. The van der Waals surface area contributed by atoms with Gasteiger partial charge in [-0.2, -0.15) is 0 Å². The summed E-state index contributed by atoms with van der Waals surface area (Å²) in [4.78, 5) is 24.1. The first-order valence-corrected chi connectivity index (χ1v) is 7.06. The minimum atomic E-state index is -0.570. The Morgan fingerprint density at radius 2 is 2.05 bits per heavy atom. The van der Waals surface area contributed by atoms with Crippen molar-refractivity contribution in [1.82, 2.24) is 15.2 Å². The van der Waals surface area contributed by atoms with Gasteiger partial charge in [-0.05, 0) is 17.5 Å². The lowest BCUT2D eigenvalue weighted by Gasteiger charge is -2.29. The van der Waals surface area contributed by atoms with E-state index in [1.54, 1.807) is 0 Å². The summed E-state index contributed by atoms with van der Waals surface area (Å²) in [5.41, 5.74) is -0.0679. The van der Waals surface area contributed by atoms with Crippen molar-refractivity contribution in [3.8, 4) is 0 Å². The quantitative estimate of drug-likeness (QED) is 0.807. The van der Waals surface area contributed by atoms with Crippen LogP contribution in [0.2, 0.25) is 0 Å². The Bertz CT molecular complexity index is 474. The Balaban J connectivity index is 1.91. The Kier molecular flexibility index (Phi) is 4.16. The number of amides is 2. The van der Waals surface area contributed by atoms with E-state index in [9.17, 15) is 9.59 Å². The Hall–Kier alpha value is -1.78. The van der Waals surface area contributed by atoms with Crippen LogP contribution in [-0.2, 0) is 16.1 Å². The monoisotopic (exact) mass is 277 g/mol. The van der Waals surface area contributed by atoms with Crippen molar-refractivity contribution in [1.29, 1.82) is 0 Å². The van der Waals surface area contributed by atoms with Crippen molar-refractivity contribution in [3.63, 3.8) is 0 Å². The summed E-state index contributed by atoms with van der Waals surface area (Å²) in [5.74, 6) is -0.836. The second-order valence-electron chi connectivity index (χ2n) is 6.41. The summed E-state index contributed by atoms with van der Waals surface area (Å²) >= 11 is 0. The molecule has 110 valence electrons. The molecule has 0 aromatic carbocycles. The number of carbonyl (C=O) groups is 2. The van der Waals surface area contributed by atoms with Crippen molar-refractivity contribution >= 4 is 11.8 Å². The van der Waals surface area contributed by atoms with Crippen LogP contribution in [0.1, 0.15) is 20.8 Å². The number of aromatic nitrogens is 1. The van der Waals surface area contributed by atoms with Gasteiger partial charge in [0.25, 0.3) is 0 Å². The molecule has 0 spiro atoms. The summed E-state index contributed by atoms with van der Waals surface area (Å²) < 4.78 is 2.00. The number of nitrogens with zero attached hydrogens (tertiary/aromatic N) is 1. The van der Waals surface area contributed by atoms with E-state index >= 15 is 0 Å². The first kappa shape index (κ1) is 14.6. The third-order valence-electron chi connectivity index (χ3n) is 3.91. The molecule has 0 saturated carbocycles. The number of hydrogen-bond donors (Lipinski definition) is 2. The third kappa shape index (κ3) is 3.21. The van der Waals surface area contributed by atoms with Crippen LogP contribution in [0.3, 0.4) is 0 Å². The third-order valence-corrected chi connectivity index (χ3v) is 3.91. The topological polar surface area (TPSA) is 63.1 Å². The van der Waals surface area contributed by atoms with Crippen molar-refractivity contribution in [3.05, 3.63) is 24.5 Å². The molecule has 5 heteroatoms. The maximum absolute atomic E-state index is 12.3. The van der Waals surface area contributed by atoms with Crippen molar-refractivity contribution in [2.24, 2.45) is 17.3 Å². The Morgan fingerprint density at radius 1 is 1.40 bits per heavy atom. The molecule has 1 aromatic rings. The van der Waals surface area contributed by atoms with Crippen LogP contribution in [-0.4, -0.2) is 29.5 Å². The molecule has 1 aliphatic rings. The molecule has 2 N–H and O–H groups in total. The zero-order chi connectivity index (χ0) is 14.8. The van der Waals surface area contributed by atoms with Gasteiger partial charge in [-0.3, -0.25) is 9.59 Å². The molecule has 20 heavy (non-hydrogen) atoms. The highest BCUT2D eigenvalue weighted by Crippen LogP contribution is 2.35. The lowest BCUT2D eigenvalue weighted by Crippen LogP contribution is -2.41. The van der Waals surface area contributed by atoms with E-state index in [-0.39, 0.29) is 23.1 Å². The van der Waals surface area contributed by atoms with Crippen LogP contribution in [0.15, 0.2) is 24.5 Å². The molecule has 2 heterocycles. The summed E-state index contributed by atoms with van der Waals surface area (Å²) in [5, 5.41) is 5.68. The van der Waals surface area contributed by atoms with Gasteiger partial charge in [0.05, 0.1) is 0 Å². The minimum absolute atomic E-state index is 0.0431. The minimum Gasteiger partial charge on any atom is -0.355 e. The molecular weight excluding hydrogens is 254 g/mol. The van der Waals surface area contributed by atoms with Gasteiger partial charge in [-0.25, -0.2) is 0 Å². The fraction of sp³-hybridized carbons (Fsp3) is 0.600. The molecule has 1 saturated heterocycles. The summed E-state index contributed by atoms with van der Waals surface area (Å²) in [6, 6.07) is 3.89. The van der Waals surface area contributed by atoms with Crippen molar-refractivity contribution in [2.75, 3.05) is 13.1 Å². The first-order valence-electron chi connectivity index (χ1n) is 7.06. The molecule has 2 unspecified atom stereocenters. The van der Waals surface area contributed by atoms with Gasteiger partial charge >= 0.3 is 0 Å². The van der Waals surface area contributed by atoms with E-state index in [2.05, 4.69) is 31.4 Å². The highest BCUT2D eigenvalue weighted by Gasteiger charge is 2.45. The zero-order valence-electron chi connectivity index (χ0n) is 12.3. The maximum Gasteiger partial charge on any atom is 0.233 e. The molecule has 1 aromatic heterocycles. The lowest BCUT2D eigenvalue weighted by atomic mass is 9.74. The SMILES string of the molecule is CC(C)(C)C1CNC(=O)C1C(=O)NCCn1cccc1. The largest absolute Gasteiger partial charge is 0.355 e. The van der Waals surface area contributed by atoms with Crippen LogP contribution in [0.25, 0.3) is 0 Å². The summed E-state index contributed by atoms with van der Waals surface area (Å²) in [6.07, 6.45) is 3.90. The van der Waals surface area contributed by atoms with Gasteiger partial charge in [0, 0.05) is 37.9 Å². The normalized spacial score (nSPS) is 22.6. The summed E-state index contributed by atoms with van der Waals surface area (Å²) in [6.45, 7) is 8.04. The van der Waals surface area contributed by atoms with Gasteiger partial charge in [0.15, 0.2) is 0 Å². The first-order chi connectivity index (χ1) is 9.39. The zero-order valence-corrected chi connectivity index (χ0v) is 12.3. The van der Waals surface area contributed by atoms with Crippen LogP contribution in [0, 0.1) is 17.3 Å². The van der Waals surface area contributed by atoms with Crippen LogP contribution >= 0.6 is 0 Å². The molecule has 5 nitrogen and oxygen atoms in total. The molecule has 2 rings (SSSR count). The van der Waals surface area contributed by atoms with E-state index in [1.807, 2.05) is 29.1 Å². The average Bonchev–Trinajstić information content (AvgIpc) is 2.97. The van der Waals surface area contributed by atoms with E-state index in [0.717, 1.165) is 0 Å². The second kappa shape index (κ2) is 5.69. The standard InChI is InChI=1S/C15H23N3O2/c1-15(2,3)11-10-17-14(20)12(11)13(19)16-6-9-18-7-4-5-8-18/h4-5,7-8,11-12H,6,9-10H2,1-3H3,(H,16,19)(H,17,20). The van der Waals surface area contributed by atoms with Gasteiger partial charge in [-0.1, -0.05) is 20.8 Å². The molecule has 2 amide bonds. The molecule has 0 radical (unpaired) electrons. The van der Waals surface area contributed by atoms with E-state index < -0.39 is 5.92 Å². The predicted molar refractivity (Wildman–Crippen MR) is 76.9 cm³/mol. The molecule has 1 fully saturated rings. The molecule has 0 aliphatic carbocycles. The number of carbonyl (C=O) groups excluding carboxylic acids is 2. The fourth-order valence-electron chi connectivity index (χ4n) is 2.67. The van der Waals surface area contributed by atoms with Gasteiger partial charge in [-0.15, -0.1) is 0 Å². The van der Waals surface area contributed by atoms with Crippen molar-refractivity contribution < 1.29 is 9.59 Å². The smallest absolute Gasteiger partial charge is 0.233 e. The summed E-state index contributed by atoms with van der Waals surface area (Å²) in [7, 11) is 0. The van der Waals surface area contributed by atoms with Crippen LogP contribution in [0.4, 0.5) is 0 Å². The van der Waals surface area contributed by atoms with E-state index in [4.69, 9.17) is 0 Å². The van der Waals surface area contributed by atoms with Crippen molar-refractivity contribution in [2.45, 2.75) is 27.3 Å². The highest BCUT2D eigenvalue weighted by molar-refractivity contribution is 6.02. The Labute approximate surface area is 119 Å². The second-order valence-corrected chi connectivity index (χ2v) is 6.41. The molecule has 0 bridgehead atoms. The fourth-order valence-corrected chi connectivity index (χ4v) is 2.67. The highest BCUT2D eigenvalue weighted by atomic mass is 16.2. The number of rotatable bonds is 4. The van der Waals surface area contributed by atoms with Crippen LogP contribution < -0.4 is 10.6 Å². The predicted octanol–water partition coefficient (Wildman–Crippen LogP) is 1.01. The van der Waals surface area contributed by atoms with E-state index in [0.29, 0.717) is 19.6 Å². The molecular formula is C15H23N3O2.